The van der Waals surface area contributed by atoms with Crippen LogP contribution in [0.2, 0.25) is 0 Å². The van der Waals surface area contributed by atoms with Crippen molar-refractivity contribution in [3.8, 4) is 11.3 Å². The van der Waals surface area contributed by atoms with Crippen LogP contribution in [0.4, 0.5) is 10.1 Å². The van der Waals surface area contributed by atoms with E-state index in [1.807, 2.05) is 13.8 Å². The number of halogens is 1. The Morgan fingerprint density at radius 1 is 1.29 bits per heavy atom. The summed E-state index contributed by atoms with van der Waals surface area (Å²) in [6.07, 6.45) is 6.13. The first-order valence-electron chi connectivity index (χ1n) is 10.4. The average Bonchev–Trinajstić information content (AvgIpc) is 3.08. The Bertz CT molecular complexity index is 1100. The van der Waals surface area contributed by atoms with Crippen LogP contribution in [0.5, 0.6) is 0 Å². The second kappa shape index (κ2) is 7.88. The molecule has 164 valence electrons. The number of rotatable bonds is 6. The molecule has 0 radical (unpaired) electrons. The number of aromatic nitrogens is 4. The molecule has 1 amide bonds. The highest BCUT2D eigenvalue weighted by Gasteiger charge is 2.39. The van der Waals surface area contributed by atoms with Gasteiger partial charge in [0.25, 0.3) is 5.91 Å². The van der Waals surface area contributed by atoms with E-state index in [4.69, 9.17) is 0 Å². The molecule has 0 aliphatic heterocycles. The normalized spacial score (nSPS) is 18.8. The van der Waals surface area contributed by atoms with Gasteiger partial charge >= 0.3 is 0 Å². The minimum atomic E-state index is -0.743. The first-order chi connectivity index (χ1) is 14.6. The average molecular weight is 426 g/mol. The molecule has 1 aliphatic carbocycles. The molecule has 3 N–H and O–H groups in total. The Labute approximate surface area is 179 Å². The van der Waals surface area contributed by atoms with Gasteiger partial charge in [0.1, 0.15) is 0 Å². The summed E-state index contributed by atoms with van der Waals surface area (Å²) < 4.78 is 14.8. The Morgan fingerprint density at radius 3 is 2.65 bits per heavy atom. The van der Waals surface area contributed by atoms with Gasteiger partial charge in [0.15, 0.2) is 5.65 Å². The van der Waals surface area contributed by atoms with Crippen molar-refractivity contribution in [3.05, 3.63) is 42.2 Å². The van der Waals surface area contributed by atoms with Gasteiger partial charge in [0.05, 0.1) is 34.9 Å². The fourth-order valence-corrected chi connectivity index (χ4v) is 3.78. The lowest BCUT2D eigenvalue weighted by atomic mass is 9.71. The highest BCUT2D eigenvalue weighted by molar-refractivity contribution is 6.02. The summed E-state index contributed by atoms with van der Waals surface area (Å²) in [7, 11) is 0. The maximum Gasteiger partial charge on any atom is 0.255 e. The van der Waals surface area contributed by atoms with Crippen molar-refractivity contribution in [2.45, 2.75) is 58.2 Å². The van der Waals surface area contributed by atoms with Crippen LogP contribution in [-0.4, -0.2) is 48.3 Å². The van der Waals surface area contributed by atoms with Gasteiger partial charge in [-0.3, -0.25) is 4.79 Å². The summed E-state index contributed by atoms with van der Waals surface area (Å²) in [6, 6.07) is 2.96. The smallest absolute Gasteiger partial charge is 0.255 e. The third kappa shape index (κ3) is 4.36. The Kier molecular flexibility index (Phi) is 5.38. The number of anilines is 1. The van der Waals surface area contributed by atoms with E-state index in [0.717, 1.165) is 12.8 Å². The molecule has 0 unspecified atom stereocenters. The fourth-order valence-electron chi connectivity index (χ4n) is 3.78. The SMILES string of the molecule is CC(C)Nc1c(C(=O)NC2CC(C(C)(C)O)C2)cnn2cc(-c3ccc(F)nc3)nc12. The van der Waals surface area contributed by atoms with Crippen LogP contribution in [0.15, 0.2) is 30.7 Å². The zero-order valence-electron chi connectivity index (χ0n) is 18.1. The maximum absolute atomic E-state index is 13.2. The van der Waals surface area contributed by atoms with Crippen molar-refractivity contribution in [3.63, 3.8) is 0 Å². The fraction of sp³-hybridized carbons (Fsp3) is 0.455. The minimum absolute atomic E-state index is 0.0210. The van der Waals surface area contributed by atoms with E-state index in [9.17, 15) is 14.3 Å². The lowest BCUT2D eigenvalue weighted by molar-refractivity contribution is -0.0309. The molecule has 3 heterocycles. The number of carbonyl (C=O) groups is 1. The number of hydrogen-bond acceptors (Lipinski definition) is 6. The van der Waals surface area contributed by atoms with Gasteiger partial charge < -0.3 is 15.7 Å². The number of imidazole rings is 1. The maximum atomic E-state index is 13.2. The third-order valence-electron chi connectivity index (χ3n) is 5.67. The molecule has 3 aromatic heterocycles. The molecule has 0 atom stereocenters. The number of amides is 1. The molecule has 9 heteroatoms. The van der Waals surface area contributed by atoms with Gasteiger partial charge in [-0.1, -0.05) is 0 Å². The number of nitrogens with one attached hydrogen (secondary N) is 2. The molecule has 0 bridgehead atoms. The van der Waals surface area contributed by atoms with Gasteiger partial charge in [-0.25, -0.2) is 14.5 Å². The number of nitrogens with zero attached hydrogens (tertiary/aromatic N) is 4. The predicted octanol–water partition coefficient (Wildman–Crippen LogP) is 3.03. The van der Waals surface area contributed by atoms with Crippen LogP contribution in [0.1, 0.15) is 50.9 Å². The number of carbonyl (C=O) groups excluding carboxylic acids is 1. The largest absolute Gasteiger partial charge is 0.390 e. The Balaban J connectivity index is 1.63. The molecule has 4 rings (SSSR count). The third-order valence-corrected chi connectivity index (χ3v) is 5.67. The standard InChI is InChI=1S/C22H27FN6O2/c1-12(2)26-19-16(21(30)27-15-7-14(8-15)22(3,4)31)10-25-29-11-17(28-20(19)29)13-5-6-18(23)24-9-13/h5-6,9-12,14-15,26,31H,7-8H2,1-4H3,(H,27,30). The van der Waals surface area contributed by atoms with Crippen LogP contribution in [0, 0.1) is 11.9 Å². The molecule has 8 nitrogen and oxygen atoms in total. The van der Waals surface area contributed by atoms with Gasteiger partial charge in [-0.2, -0.15) is 9.49 Å². The molecule has 31 heavy (non-hydrogen) atoms. The van der Waals surface area contributed by atoms with Crippen molar-refractivity contribution in [1.29, 1.82) is 0 Å². The zero-order chi connectivity index (χ0) is 22.3. The summed E-state index contributed by atoms with van der Waals surface area (Å²) in [5.74, 6) is -0.620. The topological polar surface area (TPSA) is 104 Å². The Hall–Kier alpha value is -3.07. The van der Waals surface area contributed by atoms with E-state index in [1.54, 1.807) is 30.6 Å². The van der Waals surface area contributed by atoms with Gasteiger partial charge in [-0.15, -0.1) is 0 Å². The van der Waals surface area contributed by atoms with E-state index in [2.05, 4.69) is 25.7 Å². The van der Waals surface area contributed by atoms with Crippen molar-refractivity contribution in [2.75, 3.05) is 5.32 Å². The second-order valence-electron chi connectivity index (χ2n) is 8.99. The van der Waals surface area contributed by atoms with Crippen molar-refractivity contribution in [1.82, 2.24) is 24.9 Å². The quantitative estimate of drug-likeness (QED) is 0.524. The van der Waals surface area contributed by atoms with E-state index >= 15 is 0 Å². The van der Waals surface area contributed by atoms with Gasteiger partial charge in [0, 0.05) is 23.8 Å². The summed E-state index contributed by atoms with van der Waals surface area (Å²) >= 11 is 0. The second-order valence-corrected chi connectivity index (χ2v) is 8.99. The lowest BCUT2D eigenvalue weighted by Gasteiger charge is -2.42. The number of aliphatic hydroxyl groups is 1. The zero-order valence-corrected chi connectivity index (χ0v) is 18.1. The summed E-state index contributed by atoms with van der Waals surface area (Å²) in [6.45, 7) is 7.55. The lowest BCUT2D eigenvalue weighted by Crippen LogP contribution is -2.51. The van der Waals surface area contributed by atoms with E-state index < -0.39 is 11.5 Å². The van der Waals surface area contributed by atoms with Crippen molar-refractivity contribution >= 4 is 17.2 Å². The van der Waals surface area contributed by atoms with Crippen LogP contribution in [-0.2, 0) is 0 Å². The van der Waals surface area contributed by atoms with Gasteiger partial charge in [0.2, 0.25) is 5.95 Å². The van der Waals surface area contributed by atoms with Crippen LogP contribution in [0.25, 0.3) is 16.9 Å². The summed E-state index contributed by atoms with van der Waals surface area (Å²) in [4.78, 5) is 21.3. The molecular weight excluding hydrogens is 399 g/mol. The van der Waals surface area contributed by atoms with E-state index in [-0.39, 0.29) is 23.9 Å². The van der Waals surface area contributed by atoms with Gasteiger partial charge in [-0.05, 0) is 58.6 Å². The van der Waals surface area contributed by atoms with Crippen LogP contribution < -0.4 is 10.6 Å². The highest BCUT2D eigenvalue weighted by Crippen LogP contribution is 2.36. The minimum Gasteiger partial charge on any atom is -0.390 e. The first-order valence-corrected chi connectivity index (χ1v) is 10.4. The molecular formula is C22H27FN6O2. The number of hydrogen-bond donors (Lipinski definition) is 3. The predicted molar refractivity (Wildman–Crippen MR) is 115 cm³/mol. The Morgan fingerprint density at radius 2 is 2.03 bits per heavy atom. The molecule has 1 aliphatic rings. The molecule has 1 fully saturated rings. The molecule has 3 aromatic rings. The van der Waals surface area contributed by atoms with Crippen molar-refractivity contribution < 1.29 is 14.3 Å². The van der Waals surface area contributed by atoms with Crippen LogP contribution in [0.3, 0.4) is 0 Å². The number of pyridine rings is 1. The first kappa shape index (κ1) is 21.2. The molecule has 1 saturated carbocycles. The molecule has 0 aromatic carbocycles. The van der Waals surface area contributed by atoms with E-state index in [0.29, 0.717) is 28.2 Å². The number of fused-ring (bicyclic) bond motifs is 1. The van der Waals surface area contributed by atoms with Crippen molar-refractivity contribution in [2.24, 2.45) is 5.92 Å². The monoisotopic (exact) mass is 426 g/mol. The highest BCUT2D eigenvalue weighted by atomic mass is 19.1. The molecule has 0 spiro atoms. The van der Waals surface area contributed by atoms with E-state index in [1.165, 1.54) is 18.5 Å². The van der Waals surface area contributed by atoms with Crippen LogP contribution >= 0.6 is 0 Å². The summed E-state index contributed by atoms with van der Waals surface area (Å²) in [5.41, 5.74) is 1.98. The molecule has 0 saturated heterocycles. The summed E-state index contributed by atoms with van der Waals surface area (Å²) in [5, 5.41) is 20.8.